The van der Waals surface area contributed by atoms with Crippen LogP contribution in [0.15, 0.2) is 54.3 Å². The van der Waals surface area contributed by atoms with Crippen LogP contribution in [0.2, 0.25) is 0 Å². The van der Waals surface area contributed by atoms with E-state index in [1.165, 1.54) is 20.3 Å². The molecule has 0 aromatic heterocycles. The number of anilines is 1. The zero-order valence-electron chi connectivity index (χ0n) is 18.9. The molecule has 7 heteroatoms. The molecule has 0 unspecified atom stereocenters. The Morgan fingerprint density at radius 1 is 0.969 bits per heavy atom. The van der Waals surface area contributed by atoms with Gasteiger partial charge >= 0.3 is 0 Å². The summed E-state index contributed by atoms with van der Waals surface area (Å²) >= 11 is 0. The van der Waals surface area contributed by atoms with Crippen LogP contribution in [0.5, 0.6) is 23.0 Å². The van der Waals surface area contributed by atoms with Gasteiger partial charge in [0.05, 0.1) is 34.7 Å². The minimum Gasteiger partial charge on any atom is -0.497 e. The normalized spacial score (nSPS) is 13.0. The molecule has 1 aliphatic rings. The van der Waals surface area contributed by atoms with Crippen molar-refractivity contribution in [1.29, 1.82) is 0 Å². The Hall–Kier alpha value is -3.87. The number of benzene rings is 2. The van der Waals surface area contributed by atoms with Gasteiger partial charge in [-0.3, -0.25) is 4.79 Å². The lowest BCUT2D eigenvalue weighted by Crippen LogP contribution is -2.08. The van der Waals surface area contributed by atoms with Crippen molar-refractivity contribution in [2.45, 2.75) is 6.92 Å². The van der Waals surface area contributed by atoms with Gasteiger partial charge in [0.1, 0.15) is 12.4 Å². The fraction of sp³-hybridized carbons (Fsp3) is 0.240. The van der Waals surface area contributed by atoms with Crippen molar-refractivity contribution in [3.05, 3.63) is 65.4 Å². The maximum Gasteiger partial charge on any atom is 0.248 e. The van der Waals surface area contributed by atoms with Crippen molar-refractivity contribution >= 4 is 23.2 Å². The highest BCUT2D eigenvalue weighted by Crippen LogP contribution is 2.40. The Labute approximate surface area is 187 Å². The van der Waals surface area contributed by atoms with Crippen LogP contribution in [0, 0.1) is 0 Å². The van der Waals surface area contributed by atoms with Gasteiger partial charge in [-0.15, -0.1) is 0 Å². The van der Waals surface area contributed by atoms with E-state index >= 15 is 0 Å². The number of nitrogens with one attached hydrogen (secondary N) is 1. The van der Waals surface area contributed by atoms with Gasteiger partial charge in [-0.1, -0.05) is 0 Å². The zero-order chi connectivity index (χ0) is 23.1. The number of carbonyl (C=O) groups is 1. The quantitative estimate of drug-likeness (QED) is 0.604. The smallest absolute Gasteiger partial charge is 0.248 e. The number of carbonyl (C=O) groups excluding carboxylic acids is 1. The largest absolute Gasteiger partial charge is 0.497 e. The summed E-state index contributed by atoms with van der Waals surface area (Å²) in [5.41, 5.74) is 4.30. The first-order valence-corrected chi connectivity index (χ1v) is 9.97. The standard InChI is InChI=1S/C25H27NO6/c1-16-15-32-13-12-19(16)20-9-8-18(14-22(20)29-3)26-23(27)11-7-17-6-10-21(28-2)25(31-5)24(17)30-4/h6-12,14-15H,13H2,1-5H3,(H,26,27). The predicted octanol–water partition coefficient (Wildman–Crippen LogP) is 4.69. The molecule has 3 rings (SSSR count). The average molecular weight is 437 g/mol. The van der Waals surface area contributed by atoms with Crippen molar-refractivity contribution in [2.75, 3.05) is 40.4 Å². The Morgan fingerprint density at radius 2 is 1.72 bits per heavy atom. The number of allylic oxidation sites excluding steroid dienone is 2. The molecule has 2 aromatic rings. The van der Waals surface area contributed by atoms with Crippen LogP contribution < -0.4 is 24.3 Å². The first-order chi connectivity index (χ1) is 15.5. The summed E-state index contributed by atoms with van der Waals surface area (Å²) in [6.45, 7) is 2.49. The molecule has 0 aliphatic carbocycles. The molecule has 0 fully saturated rings. The minimum atomic E-state index is -0.294. The second kappa shape index (κ2) is 10.4. The van der Waals surface area contributed by atoms with E-state index in [9.17, 15) is 4.79 Å². The van der Waals surface area contributed by atoms with Crippen LogP contribution in [0.1, 0.15) is 18.1 Å². The monoisotopic (exact) mass is 437 g/mol. The van der Waals surface area contributed by atoms with Gasteiger partial charge in [-0.2, -0.15) is 0 Å². The van der Waals surface area contributed by atoms with E-state index < -0.39 is 0 Å². The van der Waals surface area contributed by atoms with Crippen LogP contribution in [-0.2, 0) is 9.53 Å². The van der Waals surface area contributed by atoms with Crippen LogP contribution in [0.25, 0.3) is 11.6 Å². The highest BCUT2D eigenvalue weighted by atomic mass is 16.5. The molecule has 1 aliphatic heterocycles. The predicted molar refractivity (Wildman–Crippen MR) is 124 cm³/mol. The number of hydrogen-bond acceptors (Lipinski definition) is 6. The average Bonchev–Trinajstić information content (AvgIpc) is 2.82. The molecule has 7 nitrogen and oxygen atoms in total. The summed E-state index contributed by atoms with van der Waals surface area (Å²) in [6.07, 6.45) is 6.82. The maximum absolute atomic E-state index is 12.5. The van der Waals surface area contributed by atoms with Gasteiger partial charge < -0.3 is 29.0 Å². The topological polar surface area (TPSA) is 75.3 Å². The third-order valence-electron chi connectivity index (χ3n) is 4.98. The van der Waals surface area contributed by atoms with Crippen LogP contribution in [0.3, 0.4) is 0 Å². The molecule has 1 heterocycles. The Balaban J connectivity index is 1.79. The van der Waals surface area contributed by atoms with E-state index in [1.54, 1.807) is 44.8 Å². The Kier molecular flexibility index (Phi) is 7.44. The molecule has 2 aromatic carbocycles. The van der Waals surface area contributed by atoms with Crippen molar-refractivity contribution in [3.63, 3.8) is 0 Å². The molecule has 0 atom stereocenters. The van der Waals surface area contributed by atoms with Crippen molar-refractivity contribution in [1.82, 2.24) is 0 Å². The molecule has 32 heavy (non-hydrogen) atoms. The molecule has 0 saturated heterocycles. The van der Waals surface area contributed by atoms with Crippen molar-refractivity contribution < 1.29 is 28.5 Å². The summed E-state index contributed by atoms with van der Waals surface area (Å²) in [5.74, 6) is 1.86. The highest BCUT2D eigenvalue weighted by Gasteiger charge is 2.16. The molecule has 1 amide bonds. The first kappa shape index (κ1) is 22.8. The van der Waals surface area contributed by atoms with Gasteiger partial charge in [-0.25, -0.2) is 0 Å². The van der Waals surface area contributed by atoms with Gasteiger partial charge in [0.2, 0.25) is 11.7 Å². The lowest BCUT2D eigenvalue weighted by molar-refractivity contribution is -0.111. The number of hydrogen-bond donors (Lipinski definition) is 1. The SMILES string of the molecule is COc1cc(NC(=O)C=Cc2ccc(OC)c(OC)c2OC)ccc1C1=CCOC=C1C. The molecular formula is C25H27NO6. The van der Waals surface area contributed by atoms with Gasteiger partial charge in [0.25, 0.3) is 0 Å². The first-order valence-electron chi connectivity index (χ1n) is 9.97. The summed E-state index contributed by atoms with van der Waals surface area (Å²) in [4.78, 5) is 12.5. The maximum atomic E-state index is 12.5. The molecule has 168 valence electrons. The Morgan fingerprint density at radius 3 is 2.38 bits per heavy atom. The summed E-state index contributed by atoms with van der Waals surface area (Å²) in [7, 11) is 6.22. The molecule has 0 bridgehead atoms. The lowest BCUT2D eigenvalue weighted by atomic mass is 9.97. The molecule has 0 radical (unpaired) electrons. The number of rotatable bonds is 8. The van der Waals surface area contributed by atoms with Gasteiger partial charge in [0.15, 0.2) is 11.5 Å². The molecular weight excluding hydrogens is 410 g/mol. The third-order valence-corrected chi connectivity index (χ3v) is 4.98. The third kappa shape index (κ3) is 4.88. The number of methoxy groups -OCH3 is 4. The summed E-state index contributed by atoms with van der Waals surface area (Å²) in [5, 5.41) is 2.86. The summed E-state index contributed by atoms with van der Waals surface area (Å²) in [6, 6.07) is 9.10. The second-order valence-corrected chi connectivity index (χ2v) is 6.91. The van der Waals surface area contributed by atoms with E-state index in [0.29, 0.717) is 40.9 Å². The van der Waals surface area contributed by atoms with Crippen molar-refractivity contribution in [2.24, 2.45) is 0 Å². The number of amides is 1. The molecule has 0 spiro atoms. The van der Waals surface area contributed by atoms with E-state index in [1.807, 2.05) is 25.1 Å². The van der Waals surface area contributed by atoms with Crippen LogP contribution in [-0.4, -0.2) is 41.0 Å². The fourth-order valence-corrected chi connectivity index (χ4v) is 3.45. The van der Waals surface area contributed by atoms with E-state index in [4.69, 9.17) is 23.7 Å². The summed E-state index contributed by atoms with van der Waals surface area (Å²) < 4.78 is 27.0. The lowest BCUT2D eigenvalue weighted by Gasteiger charge is -2.17. The molecule has 1 N–H and O–H groups in total. The van der Waals surface area contributed by atoms with Crippen molar-refractivity contribution in [3.8, 4) is 23.0 Å². The van der Waals surface area contributed by atoms with E-state index in [-0.39, 0.29) is 5.91 Å². The highest BCUT2D eigenvalue weighted by molar-refractivity contribution is 6.02. The van der Waals surface area contributed by atoms with Crippen LogP contribution >= 0.6 is 0 Å². The molecule has 0 saturated carbocycles. The number of ether oxygens (including phenoxy) is 5. The minimum absolute atomic E-state index is 0.294. The fourth-order valence-electron chi connectivity index (χ4n) is 3.45. The van der Waals surface area contributed by atoms with Crippen LogP contribution in [0.4, 0.5) is 5.69 Å². The van der Waals surface area contributed by atoms with Gasteiger partial charge in [-0.05, 0) is 54.5 Å². The van der Waals surface area contributed by atoms with Gasteiger partial charge in [0, 0.05) is 29.0 Å². The second-order valence-electron chi connectivity index (χ2n) is 6.91. The van der Waals surface area contributed by atoms with E-state index in [0.717, 1.165) is 16.7 Å². The Bertz CT molecular complexity index is 1080. The zero-order valence-corrected chi connectivity index (χ0v) is 18.9. The van der Waals surface area contributed by atoms with E-state index in [2.05, 4.69) is 5.32 Å².